The second-order valence-electron chi connectivity index (χ2n) is 3.44. The Morgan fingerprint density at radius 1 is 1.29 bits per heavy atom. The van der Waals surface area contributed by atoms with E-state index in [1.807, 2.05) is 30.5 Å². The van der Waals surface area contributed by atoms with Crippen molar-refractivity contribution in [3.05, 3.63) is 41.6 Å². The molecule has 3 nitrogen and oxygen atoms in total. The third-order valence-electron chi connectivity index (χ3n) is 2.24. The smallest absolute Gasteiger partial charge is 0.153 e. The summed E-state index contributed by atoms with van der Waals surface area (Å²) in [5.74, 6) is 0.617. The number of rotatable bonds is 3. The van der Waals surface area contributed by atoms with Crippen molar-refractivity contribution in [1.29, 1.82) is 0 Å². The van der Waals surface area contributed by atoms with Crippen LogP contribution in [0.5, 0.6) is 0 Å². The third-order valence-corrected chi connectivity index (χ3v) is 3.19. The molecule has 0 atom stereocenters. The van der Waals surface area contributed by atoms with Gasteiger partial charge in [0.15, 0.2) is 5.82 Å². The van der Waals surface area contributed by atoms with Crippen LogP contribution in [0.25, 0.3) is 0 Å². The van der Waals surface area contributed by atoms with Gasteiger partial charge in [0, 0.05) is 16.8 Å². The van der Waals surface area contributed by atoms with Gasteiger partial charge in [-0.1, -0.05) is 11.6 Å². The highest BCUT2D eigenvalue weighted by molar-refractivity contribution is 7.98. The van der Waals surface area contributed by atoms with Crippen LogP contribution in [-0.2, 0) is 0 Å². The molecule has 0 amide bonds. The summed E-state index contributed by atoms with van der Waals surface area (Å²) >= 11 is 7.49. The standard InChI is InChI=1S/C12H12ClN3S/c1-17-10-4-2-9(3-5-10)16-12-11(14)6-8(13)7-15-12/h2-7H,14H2,1H3,(H,15,16). The van der Waals surface area contributed by atoms with E-state index in [-0.39, 0.29) is 0 Å². The van der Waals surface area contributed by atoms with Crippen molar-refractivity contribution in [2.45, 2.75) is 4.90 Å². The molecule has 1 aromatic carbocycles. The van der Waals surface area contributed by atoms with Crippen LogP contribution in [0.15, 0.2) is 41.4 Å². The number of nitrogens with two attached hydrogens (primary N) is 1. The van der Waals surface area contributed by atoms with Crippen LogP contribution < -0.4 is 11.1 Å². The summed E-state index contributed by atoms with van der Waals surface area (Å²) in [7, 11) is 0. The van der Waals surface area contributed by atoms with Gasteiger partial charge in [0.1, 0.15) is 0 Å². The van der Waals surface area contributed by atoms with E-state index in [1.165, 1.54) is 4.90 Å². The Kier molecular flexibility index (Phi) is 3.76. The van der Waals surface area contributed by atoms with Crippen LogP contribution in [0.1, 0.15) is 0 Å². The summed E-state index contributed by atoms with van der Waals surface area (Å²) < 4.78 is 0. The molecular weight excluding hydrogens is 254 g/mol. The van der Waals surface area contributed by atoms with Crippen LogP contribution in [0.3, 0.4) is 0 Å². The fourth-order valence-electron chi connectivity index (χ4n) is 1.37. The lowest BCUT2D eigenvalue weighted by atomic mass is 10.3. The zero-order chi connectivity index (χ0) is 12.3. The van der Waals surface area contributed by atoms with Crippen molar-refractivity contribution in [2.75, 3.05) is 17.3 Å². The number of hydrogen-bond donors (Lipinski definition) is 2. The van der Waals surface area contributed by atoms with Gasteiger partial charge in [-0.25, -0.2) is 4.98 Å². The fourth-order valence-corrected chi connectivity index (χ4v) is 1.95. The number of pyridine rings is 1. The number of nitrogens with one attached hydrogen (secondary N) is 1. The van der Waals surface area contributed by atoms with Gasteiger partial charge in [-0.05, 0) is 36.6 Å². The molecule has 0 saturated heterocycles. The normalized spacial score (nSPS) is 10.2. The van der Waals surface area contributed by atoms with E-state index in [4.69, 9.17) is 17.3 Å². The van der Waals surface area contributed by atoms with Crippen LogP contribution >= 0.6 is 23.4 Å². The molecule has 1 aromatic heterocycles. The van der Waals surface area contributed by atoms with Gasteiger partial charge < -0.3 is 11.1 Å². The number of anilines is 3. The highest BCUT2D eigenvalue weighted by atomic mass is 35.5. The topological polar surface area (TPSA) is 50.9 Å². The summed E-state index contributed by atoms with van der Waals surface area (Å²) in [6.45, 7) is 0. The van der Waals surface area contributed by atoms with Gasteiger partial charge in [-0.3, -0.25) is 0 Å². The first-order valence-electron chi connectivity index (χ1n) is 5.01. The molecule has 5 heteroatoms. The molecule has 0 spiro atoms. The molecule has 0 fully saturated rings. The van der Waals surface area contributed by atoms with Gasteiger partial charge in [0.05, 0.1) is 10.7 Å². The highest BCUT2D eigenvalue weighted by Crippen LogP contribution is 2.24. The van der Waals surface area contributed by atoms with Crippen molar-refractivity contribution >= 4 is 40.6 Å². The van der Waals surface area contributed by atoms with Gasteiger partial charge in [-0.2, -0.15) is 0 Å². The summed E-state index contributed by atoms with van der Waals surface area (Å²) in [6.07, 6.45) is 3.61. The SMILES string of the molecule is CSc1ccc(Nc2ncc(Cl)cc2N)cc1. The maximum Gasteiger partial charge on any atom is 0.153 e. The molecule has 0 saturated carbocycles. The predicted octanol–water partition coefficient (Wildman–Crippen LogP) is 3.78. The van der Waals surface area contributed by atoms with Crippen molar-refractivity contribution in [3.63, 3.8) is 0 Å². The first-order chi connectivity index (χ1) is 8.19. The molecule has 1 heterocycles. The lowest BCUT2D eigenvalue weighted by molar-refractivity contribution is 1.31. The van der Waals surface area contributed by atoms with Gasteiger partial charge >= 0.3 is 0 Å². The Bertz CT molecular complexity index is 514. The van der Waals surface area contributed by atoms with Crippen molar-refractivity contribution in [1.82, 2.24) is 4.98 Å². The third kappa shape index (κ3) is 3.05. The lowest BCUT2D eigenvalue weighted by Gasteiger charge is -2.08. The summed E-state index contributed by atoms with van der Waals surface area (Å²) in [4.78, 5) is 5.36. The molecule has 0 bridgehead atoms. The molecule has 3 N–H and O–H groups in total. The van der Waals surface area contributed by atoms with Gasteiger partial charge in [0.25, 0.3) is 0 Å². The molecule has 17 heavy (non-hydrogen) atoms. The number of nitrogens with zero attached hydrogens (tertiary/aromatic N) is 1. The Labute approximate surface area is 109 Å². The number of thioether (sulfide) groups is 1. The number of nitrogen functional groups attached to an aromatic ring is 1. The molecule has 0 aliphatic rings. The monoisotopic (exact) mass is 265 g/mol. The minimum absolute atomic E-state index is 0.533. The number of hydrogen-bond acceptors (Lipinski definition) is 4. The molecule has 88 valence electrons. The van der Waals surface area contributed by atoms with Crippen molar-refractivity contribution in [2.24, 2.45) is 0 Å². The first-order valence-corrected chi connectivity index (χ1v) is 6.61. The van der Waals surface area contributed by atoms with E-state index in [0.717, 1.165) is 5.69 Å². The molecule has 2 rings (SSSR count). The van der Waals surface area contributed by atoms with Crippen LogP contribution in [-0.4, -0.2) is 11.2 Å². The number of halogens is 1. The zero-order valence-electron chi connectivity index (χ0n) is 9.27. The fraction of sp³-hybridized carbons (Fsp3) is 0.0833. The largest absolute Gasteiger partial charge is 0.396 e. The predicted molar refractivity (Wildman–Crippen MR) is 75.2 cm³/mol. The van der Waals surface area contributed by atoms with Crippen molar-refractivity contribution in [3.8, 4) is 0 Å². The average molecular weight is 266 g/mol. The summed E-state index contributed by atoms with van der Waals surface area (Å²) in [5, 5.41) is 3.68. The van der Waals surface area contributed by atoms with E-state index < -0.39 is 0 Å². The minimum Gasteiger partial charge on any atom is -0.396 e. The van der Waals surface area contributed by atoms with E-state index in [1.54, 1.807) is 24.0 Å². The minimum atomic E-state index is 0.533. The Balaban J connectivity index is 2.19. The summed E-state index contributed by atoms with van der Waals surface area (Å²) in [5.41, 5.74) is 7.29. The maximum atomic E-state index is 5.81. The van der Waals surface area contributed by atoms with E-state index in [0.29, 0.717) is 16.5 Å². The molecule has 0 unspecified atom stereocenters. The van der Waals surface area contributed by atoms with Gasteiger partial charge in [0.2, 0.25) is 0 Å². The quantitative estimate of drug-likeness (QED) is 0.829. The number of benzene rings is 1. The molecule has 2 aromatic rings. The van der Waals surface area contributed by atoms with E-state index in [2.05, 4.69) is 10.3 Å². The highest BCUT2D eigenvalue weighted by Gasteiger charge is 2.02. The maximum absolute atomic E-state index is 5.81. The van der Waals surface area contributed by atoms with E-state index >= 15 is 0 Å². The second-order valence-corrected chi connectivity index (χ2v) is 4.76. The van der Waals surface area contributed by atoms with E-state index in [9.17, 15) is 0 Å². The lowest BCUT2D eigenvalue weighted by Crippen LogP contribution is -1.98. The summed E-state index contributed by atoms with van der Waals surface area (Å²) in [6, 6.07) is 9.73. The second kappa shape index (κ2) is 5.29. The first kappa shape index (κ1) is 12.1. The average Bonchev–Trinajstić information content (AvgIpc) is 2.34. The van der Waals surface area contributed by atoms with Gasteiger partial charge in [-0.15, -0.1) is 11.8 Å². The van der Waals surface area contributed by atoms with Crippen molar-refractivity contribution < 1.29 is 0 Å². The zero-order valence-corrected chi connectivity index (χ0v) is 10.8. The van der Waals surface area contributed by atoms with Crippen LogP contribution in [0.2, 0.25) is 5.02 Å². The Morgan fingerprint density at radius 2 is 2.00 bits per heavy atom. The molecule has 0 aliphatic carbocycles. The van der Waals surface area contributed by atoms with Crippen LogP contribution in [0.4, 0.5) is 17.2 Å². The molecule has 0 radical (unpaired) electrons. The molecular formula is C12H12ClN3S. The molecule has 0 aliphatic heterocycles. The Morgan fingerprint density at radius 3 is 2.59 bits per heavy atom. The Hall–Kier alpha value is -1.39. The van der Waals surface area contributed by atoms with Crippen LogP contribution in [0, 0.1) is 0 Å². The number of aromatic nitrogens is 1.